The maximum Gasteiger partial charge on any atom is 0.270 e. The summed E-state index contributed by atoms with van der Waals surface area (Å²) in [5, 5.41) is 26.8. The number of nitrogens with one attached hydrogen (secondary N) is 1. The molecule has 136 valence electrons. The van der Waals surface area contributed by atoms with Crippen molar-refractivity contribution in [3.8, 4) is 11.1 Å². The molecule has 2 aromatic carbocycles. The van der Waals surface area contributed by atoms with E-state index in [2.05, 4.69) is 5.32 Å². The van der Waals surface area contributed by atoms with Gasteiger partial charge >= 0.3 is 0 Å². The van der Waals surface area contributed by atoms with Gasteiger partial charge in [0.25, 0.3) is 11.6 Å². The lowest BCUT2D eigenvalue weighted by Gasteiger charge is -2.10. The van der Waals surface area contributed by atoms with E-state index in [1.807, 2.05) is 19.1 Å². The summed E-state index contributed by atoms with van der Waals surface area (Å²) in [5.74, 6) is -2.06. The van der Waals surface area contributed by atoms with E-state index < -0.39 is 16.8 Å². The van der Waals surface area contributed by atoms with Crippen molar-refractivity contribution in [2.24, 2.45) is 0 Å². The molecule has 1 N–H and O–H groups in total. The summed E-state index contributed by atoms with van der Waals surface area (Å²) in [7, 11) is 0. The smallest absolute Gasteiger partial charge is 0.270 e. The maximum absolute atomic E-state index is 12.4. The molecule has 27 heavy (non-hydrogen) atoms. The van der Waals surface area contributed by atoms with Gasteiger partial charge in [0.05, 0.1) is 10.9 Å². The number of amides is 1. The highest BCUT2D eigenvalue weighted by atomic mass is 32.1. The number of rotatable bonds is 5. The molecule has 0 saturated carbocycles. The van der Waals surface area contributed by atoms with Crippen LogP contribution in [0.5, 0.6) is 0 Å². The molecule has 0 aliphatic heterocycles. The maximum atomic E-state index is 12.4. The summed E-state index contributed by atoms with van der Waals surface area (Å²) in [6.07, 6.45) is 0. The monoisotopic (exact) mass is 381 g/mol. The average Bonchev–Trinajstić information content (AvgIpc) is 3.06. The SMILES string of the molecule is Cc1ccc(-c2csc(NC(=O)c3cccc([N+](=O)[O-])c3)c2C(=O)[O-])cc1. The first kappa shape index (κ1) is 18.3. The Bertz CT molecular complexity index is 1040. The number of thiophene rings is 1. The van der Waals surface area contributed by atoms with Crippen LogP contribution in [0.25, 0.3) is 11.1 Å². The number of hydrogen-bond acceptors (Lipinski definition) is 6. The molecule has 1 amide bonds. The van der Waals surface area contributed by atoms with E-state index in [1.54, 1.807) is 17.5 Å². The number of nitro benzene ring substituents is 1. The second-order valence-corrected chi connectivity index (χ2v) is 6.65. The molecule has 0 fully saturated rings. The summed E-state index contributed by atoms with van der Waals surface area (Å²) in [5.41, 5.74) is 1.86. The number of benzene rings is 2. The van der Waals surface area contributed by atoms with Crippen molar-refractivity contribution in [2.45, 2.75) is 6.92 Å². The zero-order valence-electron chi connectivity index (χ0n) is 14.1. The van der Waals surface area contributed by atoms with Crippen molar-refractivity contribution < 1.29 is 19.6 Å². The lowest BCUT2D eigenvalue weighted by Crippen LogP contribution is -2.24. The van der Waals surface area contributed by atoms with Gasteiger partial charge in [0.2, 0.25) is 0 Å². The number of anilines is 1. The summed E-state index contributed by atoms with van der Waals surface area (Å²) in [4.78, 5) is 34.3. The topological polar surface area (TPSA) is 112 Å². The van der Waals surface area contributed by atoms with Crippen LogP contribution in [0.15, 0.2) is 53.9 Å². The van der Waals surface area contributed by atoms with E-state index in [9.17, 15) is 24.8 Å². The number of nitro groups is 1. The van der Waals surface area contributed by atoms with Gasteiger partial charge < -0.3 is 15.2 Å². The van der Waals surface area contributed by atoms with Crippen molar-refractivity contribution in [2.75, 3.05) is 5.32 Å². The Hall–Kier alpha value is -3.52. The van der Waals surface area contributed by atoms with E-state index in [0.29, 0.717) is 11.1 Å². The molecule has 0 aliphatic rings. The fourth-order valence-electron chi connectivity index (χ4n) is 2.53. The summed E-state index contributed by atoms with van der Waals surface area (Å²) >= 11 is 1.05. The number of non-ortho nitro benzene ring substituents is 1. The highest BCUT2D eigenvalue weighted by molar-refractivity contribution is 7.15. The van der Waals surface area contributed by atoms with E-state index in [1.165, 1.54) is 18.2 Å². The third-order valence-electron chi connectivity index (χ3n) is 3.90. The lowest BCUT2D eigenvalue weighted by atomic mass is 10.0. The van der Waals surface area contributed by atoms with Crippen LogP contribution < -0.4 is 10.4 Å². The van der Waals surface area contributed by atoms with Gasteiger partial charge in [-0.25, -0.2) is 0 Å². The Balaban J connectivity index is 1.94. The first-order valence-electron chi connectivity index (χ1n) is 7.82. The molecule has 0 spiro atoms. The lowest BCUT2D eigenvalue weighted by molar-refractivity contribution is -0.384. The summed E-state index contributed by atoms with van der Waals surface area (Å²) in [6.45, 7) is 1.92. The zero-order chi connectivity index (χ0) is 19.6. The fraction of sp³-hybridized carbons (Fsp3) is 0.0526. The highest BCUT2D eigenvalue weighted by Gasteiger charge is 2.18. The number of carboxylic acid groups (broad SMARTS) is 1. The van der Waals surface area contributed by atoms with Gasteiger partial charge in [0.15, 0.2) is 0 Å². The van der Waals surface area contributed by atoms with Crippen molar-refractivity contribution in [1.29, 1.82) is 0 Å². The normalized spacial score (nSPS) is 10.4. The van der Waals surface area contributed by atoms with Gasteiger partial charge in [0, 0.05) is 34.2 Å². The second kappa shape index (κ2) is 7.38. The van der Waals surface area contributed by atoms with Gasteiger partial charge in [0.1, 0.15) is 5.00 Å². The number of nitrogens with zero attached hydrogens (tertiary/aromatic N) is 1. The molecule has 1 heterocycles. The van der Waals surface area contributed by atoms with E-state index >= 15 is 0 Å². The molecular formula is C19H13N2O5S-. The van der Waals surface area contributed by atoms with E-state index in [0.717, 1.165) is 23.0 Å². The van der Waals surface area contributed by atoms with Gasteiger partial charge in [-0.2, -0.15) is 0 Å². The molecule has 8 heteroatoms. The van der Waals surface area contributed by atoms with E-state index in [-0.39, 0.29) is 21.8 Å². The van der Waals surface area contributed by atoms with Crippen LogP contribution in [0.3, 0.4) is 0 Å². The first-order valence-corrected chi connectivity index (χ1v) is 8.70. The van der Waals surface area contributed by atoms with Crippen LogP contribution in [0, 0.1) is 17.0 Å². The van der Waals surface area contributed by atoms with Crippen molar-refractivity contribution in [3.05, 3.63) is 80.7 Å². The number of aryl methyl sites for hydroxylation is 1. The quantitative estimate of drug-likeness (QED) is 0.538. The Labute approximate surface area is 158 Å². The largest absolute Gasteiger partial charge is 0.545 e. The number of aromatic carboxylic acids is 1. The van der Waals surface area contributed by atoms with Crippen molar-refractivity contribution in [3.63, 3.8) is 0 Å². The van der Waals surface area contributed by atoms with Crippen molar-refractivity contribution in [1.82, 2.24) is 0 Å². The Morgan fingerprint density at radius 1 is 1.11 bits per heavy atom. The minimum absolute atomic E-state index is 0.0544. The Morgan fingerprint density at radius 3 is 2.44 bits per heavy atom. The van der Waals surface area contributed by atoms with Crippen LogP contribution in [0.1, 0.15) is 26.3 Å². The van der Waals surface area contributed by atoms with Crippen molar-refractivity contribution >= 4 is 33.9 Å². The summed E-state index contributed by atoms with van der Waals surface area (Å²) in [6, 6.07) is 12.5. The van der Waals surface area contributed by atoms with Crippen LogP contribution in [-0.2, 0) is 0 Å². The van der Waals surface area contributed by atoms with Gasteiger partial charge in [-0.1, -0.05) is 35.9 Å². The molecule has 3 rings (SSSR count). The predicted octanol–water partition coefficient (Wildman–Crippen LogP) is 3.25. The molecule has 0 bridgehead atoms. The molecule has 3 aromatic rings. The number of carboxylic acids is 1. The molecule has 0 aliphatic carbocycles. The molecule has 0 radical (unpaired) electrons. The van der Waals surface area contributed by atoms with E-state index in [4.69, 9.17) is 0 Å². The highest BCUT2D eigenvalue weighted by Crippen LogP contribution is 2.35. The molecule has 0 unspecified atom stereocenters. The minimum Gasteiger partial charge on any atom is -0.545 e. The van der Waals surface area contributed by atoms with Gasteiger partial charge in [-0.3, -0.25) is 14.9 Å². The molecule has 0 atom stereocenters. The molecule has 1 aromatic heterocycles. The third-order valence-corrected chi connectivity index (χ3v) is 4.80. The van der Waals surface area contributed by atoms with Gasteiger partial charge in [-0.15, -0.1) is 11.3 Å². The number of carbonyl (C=O) groups excluding carboxylic acids is 2. The Kier molecular flexibility index (Phi) is 5.00. The fourth-order valence-corrected chi connectivity index (χ4v) is 3.49. The van der Waals surface area contributed by atoms with Crippen LogP contribution in [-0.4, -0.2) is 16.8 Å². The van der Waals surface area contributed by atoms with Crippen LogP contribution >= 0.6 is 11.3 Å². The van der Waals surface area contributed by atoms with Crippen LogP contribution in [0.4, 0.5) is 10.7 Å². The van der Waals surface area contributed by atoms with Gasteiger partial charge in [-0.05, 0) is 18.6 Å². The average molecular weight is 381 g/mol. The standard InChI is InChI=1S/C19H14N2O5S/c1-11-5-7-12(8-6-11)15-10-27-18(16(15)19(23)24)20-17(22)13-3-2-4-14(9-13)21(25)26/h2-10H,1H3,(H,20,22)(H,23,24)/p-1. The number of hydrogen-bond donors (Lipinski definition) is 1. The second-order valence-electron chi connectivity index (χ2n) is 5.77. The predicted molar refractivity (Wildman–Crippen MR) is 99.9 cm³/mol. The molecule has 7 nitrogen and oxygen atoms in total. The number of carbonyl (C=O) groups is 2. The molecular weight excluding hydrogens is 368 g/mol. The zero-order valence-corrected chi connectivity index (χ0v) is 14.9. The Morgan fingerprint density at radius 2 is 1.81 bits per heavy atom. The molecule has 0 saturated heterocycles. The third kappa shape index (κ3) is 3.85. The minimum atomic E-state index is -1.42. The first-order chi connectivity index (χ1) is 12.9. The summed E-state index contributed by atoms with van der Waals surface area (Å²) < 4.78 is 0. The van der Waals surface area contributed by atoms with Crippen LogP contribution in [0.2, 0.25) is 0 Å².